The van der Waals surface area contributed by atoms with E-state index in [1.165, 1.54) is 24.0 Å². The van der Waals surface area contributed by atoms with E-state index < -0.39 is 35.5 Å². The van der Waals surface area contributed by atoms with Gasteiger partial charge in [0.25, 0.3) is 11.8 Å². The average Bonchev–Trinajstić information content (AvgIpc) is 3.49. The normalized spacial score (nSPS) is 16.6. The van der Waals surface area contributed by atoms with Crippen molar-refractivity contribution in [1.29, 1.82) is 0 Å². The molecule has 2 saturated heterocycles. The molecule has 4 aromatic carbocycles. The van der Waals surface area contributed by atoms with E-state index >= 15 is 4.39 Å². The van der Waals surface area contributed by atoms with Gasteiger partial charge in [0.2, 0.25) is 29.6 Å². The number of nitrogens with one attached hydrogen (secondary N) is 3. The standard InChI is InChI=1S/C43H41ClFN9O7/c1-23(55)52-16-18-53(19-17-52)39-29-22-30(44)35(28-21-25(56)20-24-6-3-4-7-26(24)28)37(45)38(29)49-43(50-39)47-13-12-34(58)51(2)15-14-46-31-9-5-8-27-36(31)42(61)54(41(27)60)32-10-11-33(57)48-40(32)59/h3-9,20-22,32,46,56H,10-19H2,1-2H3,(H,47,49,50)(H,48,57,59). The Labute approximate surface area is 353 Å². The van der Waals surface area contributed by atoms with E-state index in [1.807, 2.05) is 29.2 Å². The molecule has 0 saturated carbocycles. The van der Waals surface area contributed by atoms with Crippen LogP contribution in [0.3, 0.4) is 0 Å². The third-order valence-corrected chi connectivity index (χ3v) is 11.6. The van der Waals surface area contributed by atoms with Gasteiger partial charge in [-0.15, -0.1) is 0 Å². The smallest absolute Gasteiger partial charge is 0.264 e. The number of likely N-dealkylation sites (N-methyl/N-ethyl adjacent to an activating group) is 1. The summed E-state index contributed by atoms with van der Waals surface area (Å²) < 4.78 is 16.9. The molecule has 4 heterocycles. The van der Waals surface area contributed by atoms with Gasteiger partial charge < -0.3 is 30.4 Å². The summed E-state index contributed by atoms with van der Waals surface area (Å²) in [6.45, 7) is 3.77. The quantitative estimate of drug-likeness (QED) is 0.137. The molecule has 61 heavy (non-hydrogen) atoms. The van der Waals surface area contributed by atoms with Crippen LogP contribution >= 0.6 is 11.6 Å². The summed E-state index contributed by atoms with van der Waals surface area (Å²) in [5.41, 5.74) is 1.06. The molecule has 0 bridgehead atoms. The molecule has 3 aliphatic heterocycles. The van der Waals surface area contributed by atoms with Crippen LogP contribution in [0.2, 0.25) is 5.02 Å². The van der Waals surface area contributed by atoms with E-state index in [4.69, 9.17) is 16.6 Å². The van der Waals surface area contributed by atoms with Gasteiger partial charge in [0.15, 0.2) is 5.82 Å². The van der Waals surface area contributed by atoms with Crippen LogP contribution in [-0.2, 0) is 19.2 Å². The molecule has 1 unspecified atom stereocenters. The van der Waals surface area contributed by atoms with E-state index in [9.17, 15) is 33.9 Å². The van der Waals surface area contributed by atoms with E-state index in [0.717, 1.165) is 4.90 Å². The van der Waals surface area contributed by atoms with Crippen LogP contribution < -0.4 is 20.9 Å². The van der Waals surface area contributed by atoms with Crippen LogP contribution in [0.5, 0.6) is 5.75 Å². The lowest BCUT2D eigenvalue weighted by Crippen LogP contribution is -2.54. The number of phenols is 1. The Hall–Kier alpha value is -6.88. The summed E-state index contributed by atoms with van der Waals surface area (Å²) >= 11 is 6.85. The van der Waals surface area contributed by atoms with Crippen LogP contribution in [0, 0.1) is 5.82 Å². The number of carbonyl (C=O) groups is 6. The van der Waals surface area contributed by atoms with E-state index in [2.05, 4.69) is 20.9 Å². The Morgan fingerprint density at radius 1 is 0.918 bits per heavy atom. The zero-order valence-corrected chi connectivity index (χ0v) is 34.0. The number of anilines is 3. The van der Waals surface area contributed by atoms with Crippen molar-refractivity contribution in [2.24, 2.45) is 0 Å². The lowest BCUT2D eigenvalue weighted by atomic mass is 9.96. The molecule has 314 valence electrons. The highest BCUT2D eigenvalue weighted by molar-refractivity contribution is 6.35. The summed E-state index contributed by atoms with van der Waals surface area (Å²) in [6, 6.07) is 15.6. The minimum Gasteiger partial charge on any atom is -0.508 e. The number of benzene rings is 4. The number of piperidine rings is 1. The maximum absolute atomic E-state index is 16.9. The van der Waals surface area contributed by atoms with Gasteiger partial charge in [-0.3, -0.25) is 39.0 Å². The minimum absolute atomic E-state index is 0.00984. The second-order valence-electron chi connectivity index (χ2n) is 15.1. The van der Waals surface area contributed by atoms with E-state index in [-0.39, 0.29) is 89.6 Å². The van der Waals surface area contributed by atoms with Gasteiger partial charge in [-0.05, 0) is 53.1 Å². The maximum Gasteiger partial charge on any atom is 0.264 e. The molecule has 2 fully saturated rings. The Balaban J connectivity index is 0.971. The number of halogens is 2. The number of aromatic nitrogens is 2. The number of hydrogen-bond acceptors (Lipinski definition) is 12. The van der Waals surface area contributed by atoms with Gasteiger partial charge in [-0.1, -0.05) is 41.9 Å². The molecule has 4 N–H and O–H groups in total. The molecule has 0 aliphatic carbocycles. The second-order valence-corrected chi connectivity index (χ2v) is 15.5. The van der Waals surface area contributed by atoms with Gasteiger partial charge in [0.05, 0.1) is 16.1 Å². The average molecular weight is 850 g/mol. The topological polar surface area (TPSA) is 197 Å². The highest BCUT2D eigenvalue weighted by atomic mass is 35.5. The van der Waals surface area contributed by atoms with Gasteiger partial charge in [0, 0.05) is 89.3 Å². The molecule has 1 aromatic heterocycles. The lowest BCUT2D eigenvalue weighted by molar-refractivity contribution is -0.136. The van der Waals surface area contributed by atoms with Crippen molar-refractivity contribution in [2.75, 3.05) is 68.4 Å². The predicted molar refractivity (Wildman–Crippen MR) is 226 cm³/mol. The van der Waals surface area contributed by atoms with Gasteiger partial charge in [-0.2, -0.15) is 4.98 Å². The number of hydrogen-bond donors (Lipinski definition) is 4. The first-order valence-corrected chi connectivity index (χ1v) is 20.2. The SMILES string of the molecule is CC(=O)N1CCN(c2nc(NCCC(=O)N(C)CCNc3cccc4c3C(=O)N(C3CCC(=O)NC3=O)C4=O)nc3c(F)c(-c4cc(O)cc5ccccc45)c(Cl)cc23)CC1. The summed E-state index contributed by atoms with van der Waals surface area (Å²) in [6.07, 6.45) is 0.0672. The molecule has 8 rings (SSSR count). The highest BCUT2D eigenvalue weighted by Gasteiger charge is 2.45. The molecule has 1 atom stereocenters. The number of carbonyl (C=O) groups excluding carboxylic acids is 6. The van der Waals surface area contributed by atoms with Crippen molar-refractivity contribution in [2.45, 2.75) is 32.2 Å². The number of amides is 6. The highest BCUT2D eigenvalue weighted by Crippen LogP contribution is 2.42. The van der Waals surface area contributed by atoms with Crippen molar-refractivity contribution in [3.63, 3.8) is 0 Å². The van der Waals surface area contributed by atoms with Crippen molar-refractivity contribution in [3.8, 4) is 16.9 Å². The molecule has 18 heteroatoms. The fourth-order valence-corrected chi connectivity index (χ4v) is 8.39. The number of rotatable bonds is 11. The Kier molecular flexibility index (Phi) is 11.2. The zero-order chi connectivity index (χ0) is 43.1. The van der Waals surface area contributed by atoms with E-state index in [0.29, 0.717) is 59.4 Å². The van der Waals surface area contributed by atoms with Crippen molar-refractivity contribution < 1.29 is 38.3 Å². The molecular weight excluding hydrogens is 809 g/mol. The number of nitrogens with zero attached hydrogens (tertiary/aromatic N) is 6. The minimum atomic E-state index is -1.09. The van der Waals surface area contributed by atoms with E-state index in [1.54, 1.807) is 36.2 Å². The second kappa shape index (κ2) is 16.6. The predicted octanol–water partition coefficient (Wildman–Crippen LogP) is 4.39. The molecular formula is C43H41ClFN9O7. The Morgan fingerprint density at radius 3 is 2.44 bits per heavy atom. The lowest BCUT2D eigenvalue weighted by Gasteiger charge is -2.35. The monoisotopic (exact) mass is 849 g/mol. The number of fused-ring (bicyclic) bond motifs is 3. The third kappa shape index (κ3) is 7.83. The number of piperazine rings is 1. The van der Waals surface area contributed by atoms with Crippen LogP contribution in [0.15, 0.2) is 60.7 Å². The number of aromatic hydroxyl groups is 1. The first kappa shape index (κ1) is 40.9. The fourth-order valence-electron chi connectivity index (χ4n) is 8.10. The molecule has 6 amide bonds. The number of phenolic OH excluding ortho intramolecular Hbond substituents is 1. The molecule has 0 radical (unpaired) electrons. The van der Waals surface area contributed by atoms with Gasteiger partial charge >= 0.3 is 0 Å². The first-order valence-electron chi connectivity index (χ1n) is 19.8. The first-order chi connectivity index (χ1) is 29.3. The van der Waals surface area contributed by atoms with Crippen molar-refractivity contribution >= 4 is 86.2 Å². The van der Waals surface area contributed by atoms with Crippen LogP contribution in [0.4, 0.5) is 21.8 Å². The van der Waals surface area contributed by atoms with Gasteiger partial charge in [-0.25, -0.2) is 9.37 Å². The largest absolute Gasteiger partial charge is 0.508 e. The van der Waals surface area contributed by atoms with Crippen LogP contribution in [0.1, 0.15) is 46.9 Å². The third-order valence-electron chi connectivity index (χ3n) is 11.3. The summed E-state index contributed by atoms with van der Waals surface area (Å²) in [7, 11) is 1.62. The van der Waals surface area contributed by atoms with Crippen molar-refractivity contribution in [1.82, 2.24) is 30.0 Å². The summed E-state index contributed by atoms with van der Waals surface area (Å²) in [5, 5.41) is 20.8. The molecule has 0 spiro atoms. The number of imide groups is 2. The fraction of sp³-hybridized carbons (Fsp3) is 0.302. The molecule has 5 aromatic rings. The molecule has 16 nitrogen and oxygen atoms in total. The maximum atomic E-state index is 16.9. The Bertz CT molecular complexity index is 2670. The van der Waals surface area contributed by atoms with Gasteiger partial charge in [0.1, 0.15) is 23.1 Å². The van der Waals surface area contributed by atoms with Crippen LogP contribution in [-0.4, -0.2) is 124 Å². The van der Waals surface area contributed by atoms with Crippen LogP contribution in [0.25, 0.3) is 32.8 Å². The molecule has 3 aliphatic rings. The summed E-state index contributed by atoms with van der Waals surface area (Å²) in [4.78, 5) is 91.6. The summed E-state index contributed by atoms with van der Waals surface area (Å²) in [5.74, 6) is -2.99. The Morgan fingerprint density at radius 2 is 1.69 bits per heavy atom. The zero-order valence-electron chi connectivity index (χ0n) is 33.3. The van der Waals surface area contributed by atoms with Crippen molar-refractivity contribution in [3.05, 3.63) is 82.6 Å².